The van der Waals surface area contributed by atoms with Crippen molar-refractivity contribution in [3.63, 3.8) is 0 Å². The fourth-order valence-electron chi connectivity index (χ4n) is 3.50. The van der Waals surface area contributed by atoms with Gasteiger partial charge in [-0.2, -0.15) is 0 Å². The minimum absolute atomic E-state index is 0.0185. The summed E-state index contributed by atoms with van der Waals surface area (Å²) in [6.45, 7) is 2.11. The Bertz CT molecular complexity index is 739. The van der Waals surface area contributed by atoms with E-state index in [-0.39, 0.29) is 24.6 Å². The van der Waals surface area contributed by atoms with Crippen LogP contribution < -0.4 is 20.3 Å². The van der Waals surface area contributed by atoms with Crippen molar-refractivity contribution in [2.45, 2.75) is 24.8 Å². The van der Waals surface area contributed by atoms with Crippen LogP contribution in [0.25, 0.3) is 0 Å². The number of rotatable bonds is 7. The molecule has 28 heavy (non-hydrogen) atoms. The molecule has 2 unspecified atom stereocenters. The lowest BCUT2D eigenvalue weighted by Crippen LogP contribution is -2.52. The highest BCUT2D eigenvalue weighted by Gasteiger charge is 2.30. The van der Waals surface area contributed by atoms with Gasteiger partial charge in [-0.1, -0.05) is 18.2 Å². The molecule has 2 atom stereocenters. The van der Waals surface area contributed by atoms with Crippen molar-refractivity contribution in [1.29, 1.82) is 0 Å². The lowest BCUT2D eigenvalue weighted by Gasteiger charge is -2.34. The average molecular weight is 384 g/mol. The molecule has 1 aromatic heterocycles. The monoisotopic (exact) mass is 384 g/mol. The van der Waals surface area contributed by atoms with Crippen molar-refractivity contribution in [1.82, 2.24) is 15.6 Å². The van der Waals surface area contributed by atoms with E-state index in [1.807, 2.05) is 42.5 Å². The summed E-state index contributed by atoms with van der Waals surface area (Å²) in [5.74, 6) is 0.798. The van der Waals surface area contributed by atoms with Crippen LogP contribution in [0.3, 0.4) is 0 Å². The Labute approximate surface area is 165 Å². The summed E-state index contributed by atoms with van der Waals surface area (Å²) in [6, 6.07) is 13.2. The Morgan fingerprint density at radius 3 is 2.82 bits per heavy atom. The Morgan fingerprint density at radius 2 is 2.14 bits per heavy atom. The molecule has 3 rings (SSSR count). The number of ether oxygens (including phenoxy) is 1. The van der Waals surface area contributed by atoms with Crippen molar-refractivity contribution < 1.29 is 14.6 Å². The zero-order valence-corrected chi connectivity index (χ0v) is 16.2. The minimum atomic E-state index is -0.148. The second-order valence-electron chi connectivity index (χ2n) is 6.84. The number of aliphatic hydroxyl groups is 1. The fraction of sp³-hybridized carbons (Fsp3) is 0.429. The molecule has 7 nitrogen and oxygen atoms in total. The van der Waals surface area contributed by atoms with Crippen LogP contribution in [0.4, 0.5) is 10.5 Å². The summed E-state index contributed by atoms with van der Waals surface area (Å²) in [5.41, 5.74) is 1.75. The quantitative estimate of drug-likeness (QED) is 0.681. The van der Waals surface area contributed by atoms with Gasteiger partial charge in [0.15, 0.2) is 0 Å². The predicted molar refractivity (Wildman–Crippen MR) is 109 cm³/mol. The normalized spacial score (nSPS) is 19.1. The molecule has 0 saturated carbocycles. The number of carbonyl (C=O) groups is 1. The van der Waals surface area contributed by atoms with Gasteiger partial charge in [0.2, 0.25) is 0 Å². The van der Waals surface area contributed by atoms with E-state index in [2.05, 4.69) is 15.6 Å². The van der Waals surface area contributed by atoms with E-state index in [0.717, 1.165) is 30.9 Å². The van der Waals surface area contributed by atoms with Crippen LogP contribution in [-0.4, -0.2) is 55.5 Å². The summed E-state index contributed by atoms with van der Waals surface area (Å²) in [5, 5.41) is 15.8. The molecule has 0 spiro atoms. The van der Waals surface area contributed by atoms with Crippen LogP contribution in [0.1, 0.15) is 24.5 Å². The van der Waals surface area contributed by atoms with Crippen LogP contribution in [-0.2, 0) is 0 Å². The van der Waals surface area contributed by atoms with Crippen LogP contribution >= 0.6 is 0 Å². The first-order chi connectivity index (χ1) is 13.7. The molecule has 1 aliphatic heterocycles. The van der Waals surface area contributed by atoms with Gasteiger partial charge in [0, 0.05) is 43.0 Å². The number of aromatic nitrogens is 1. The molecule has 1 fully saturated rings. The number of hydrogen-bond acceptors (Lipinski definition) is 5. The molecule has 2 amide bonds. The summed E-state index contributed by atoms with van der Waals surface area (Å²) >= 11 is 0. The smallest absolute Gasteiger partial charge is 0.322 e. The first kappa shape index (κ1) is 20.1. The topological polar surface area (TPSA) is 86.7 Å². The molecule has 7 heteroatoms. The first-order valence-corrected chi connectivity index (χ1v) is 9.67. The molecule has 1 aromatic carbocycles. The third-order valence-electron chi connectivity index (χ3n) is 5.02. The van der Waals surface area contributed by atoms with Gasteiger partial charge in [0.1, 0.15) is 5.75 Å². The Kier molecular flexibility index (Phi) is 7.22. The number of hydrogen-bond donors (Lipinski definition) is 3. The zero-order valence-electron chi connectivity index (χ0n) is 16.2. The van der Waals surface area contributed by atoms with Crippen LogP contribution in [0.5, 0.6) is 5.75 Å². The SMILES string of the molecule is COc1ccc(C2CNCCC2NC(=O)N(CCCO)c2ccccc2)nc1. The van der Waals surface area contributed by atoms with Crippen molar-refractivity contribution in [2.75, 3.05) is 38.3 Å². The van der Waals surface area contributed by atoms with E-state index >= 15 is 0 Å². The number of para-hydroxylation sites is 1. The molecule has 0 radical (unpaired) electrons. The van der Waals surface area contributed by atoms with Gasteiger partial charge in [0.05, 0.1) is 13.3 Å². The molecular formula is C21H28N4O3. The molecule has 150 valence electrons. The number of amides is 2. The first-order valence-electron chi connectivity index (χ1n) is 9.67. The second kappa shape index (κ2) is 10.1. The van der Waals surface area contributed by atoms with Crippen molar-refractivity contribution >= 4 is 11.7 Å². The molecular weight excluding hydrogens is 356 g/mol. The fourth-order valence-corrected chi connectivity index (χ4v) is 3.50. The van der Waals surface area contributed by atoms with Crippen molar-refractivity contribution in [2.24, 2.45) is 0 Å². The molecule has 1 saturated heterocycles. The number of pyridine rings is 1. The lowest BCUT2D eigenvalue weighted by molar-refractivity contribution is 0.234. The standard InChI is InChI=1S/C21H28N4O3/c1-28-17-8-9-19(23-14-17)18-15-22-11-10-20(18)24-21(27)25(12-5-13-26)16-6-3-2-4-7-16/h2-4,6-9,14,18,20,22,26H,5,10-13,15H2,1H3,(H,24,27). The maximum Gasteiger partial charge on any atom is 0.322 e. The molecule has 3 N–H and O–H groups in total. The lowest BCUT2D eigenvalue weighted by atomic mass is 9.90. The van der Waals surface area contributed by atoms with E-state index in [9.17, 15) is 9.90 Å². The Morgan fingerprint density at radius 1 is 1.32 bits per heavy atom. The average Bonchev–Trinajstić information content (AvgIpc) is 2.75. The van der Waals surface area contributed by atoms with Gasteiger partial charge < -0.3 is 20.5 Å². The number of methoxy groups -OCH3 is 1. The molecule has 0 bridgehead atoms. The summed E-state index contributed by atoms with van der Waals surface area (Å²) in [7, 11) is 1.62. The molecule has 2 heterocycles. The predicted octanol–water partition coefficient (Wildman–Crippen LogP) is 2.13. The Hall–Kier alpha value is -2.64. The van der Waals surface area contributed by atoms with E-state index in [0.29, 0.717) is 18.7 Å². The van der Waals surface area contributed by atoms with Gasteiger partial charge in [-0.3, -0.25) is 9.88 Å². The number of benzene rings is 1. The summed E-state index contributed by atoms with van der Waals surface area (Å²) in [4.78, 5) is 19.3. The van der Waals surface area contributed by atoms with Crippen molar-refractivity contribution in [3.05, 3.63) is 54.4 Å². The minimum Gasteiger partial charge on any atom is -0.495 e. The van der Waals surface area contributed by atoms with Crippen LogP contribution in [0.15, 0.2) is 48.7 Å². The molecule has 2 aromatic rings. The van der Waals surface area contributed by atoms with E-state index in [4.69, 9.17) is 4.74 Å². The van der Waals surface area contributed by atoms with E-state index in [1.165, 1.54) is 0 Å². The Balaban J connectivity index is 1.74. The highest BCUT2D eigenvalue weighted by molar-refractivity contribution is 5.92. The van der Waals surface area contributed by atoms with Gasteiger partial charge in [0.25, 0.3) is 0 Å². The highest BCUT2D eigenvalue weighted by atomic mass is 16.5. The molecule has 1 aliphatic rings. The summed E-state index contributed by atoms with van der Waals surface area (Å²) in [6.07, 6.45) is 3.06. The van der Waals surface area contributed by atoms with E-state index in [1.54, 1.807) is 18.2 Å². The zero-order chi connectivity index (χ0) is 19.8. The van der Waals surface area contributed by atoms with Gasteiger partial charge >= 0.3 is 6.03 Å². The number of anilines is 1. The third-order valence-corrected chi connectivity index (χ3v) is 5.02. The highest BCUT2D eigenvalue weighted by Crippen LogP contribution is 2.24. The van der Waals surface area contributed by atoms with Gasteiger partial charge in [-0.05, 0) is 43.7 Å². The van der Waals surface area contributed by atoms with Gasteiger partial charge in [-0.15, -0.1) is 0 Å². The number of piperidine rings is 1. The van der Waals surface area contributed by atoms with Gasteiger partial charge in [-0.25, -0.2) is 4.79 Å². The van der Waals surface area contributed by atoms with Crippen LogP contribution in [0, 0.1) is 0 Å². The molecule has 0 aliphatic carbocycles. The van der Waals surface area contributed by atoms with E-state index < -0.39 is 0 Å². The number of nitrogens with zero attached hydrogens (tertiary/aromatic N) is 2. The second-order valence-corrected chi connectivity index (χ2v) is 6.84. The maximum absolute atomic E-state index is 13.1. The maximum atomic E-state index is 13.1. The third kappa shape index (κ3) is 4.99. The number of urea groups is 1. The van der Waals surface area contributed by atoms with Crippen molar-refractivity contribution in [3.8, 4) is 5.75 Å². The largest absolute Gasteiger partial charge is 0.495 e. The summed E-state index contributed by atoms with van der Waals surface area (Å²) < 4.78 is 5.19. The number of carbonyl (C=O) groups excluding carboxylic acids is 1. The van der Waals surface area contributed by atoms with Crippen LogP contribution in [0.2, 0.25) is 0 Å². The number of aliphatic hydroxyl groups excluding tert-OH is 1. The number of nitrogens with one attached hydrogen (secondary N) is 2.